The van der Waals surface area contributed by atoms with Gasteiger partial charge in [-0.25, -0.2) is 14.4 Å². The van der Waals surface area contributed by atoms with Crippen LogP contribution in [0.4, 0.5) is 16.0 Å². The molecule has 6 nitrogen and oxygen atoms in total. The molecule has 2 aromatic heterocycles. The molecule has 28 heavy (non-hydrogen) atoms. The number of carbonyl (C=O) groups excluding carboxylic acids is 1. The normalized spacial score (nSPS) is 16.8. The number of nitrogens with one attached hydrogen (secondary N) is 1. The summed E-state index contributed by atoms with van der Waals surface area (Å²) in [6.45, 7) is 2.19. The molecular weight excluding hydrogens is 357 g/mol. The van der Waals surface area contributed by atoms with Gasteiger partial charge in [-0.15, -0.1) is 0 Å². The molecule has 1 aromatic carbocycles. The highest BCUT2D eigenvalue weighted by atomic mass is 19.1. The number of nitrogens with zero attached hydrogens (tertiary/aromatic N) is 3. The number of ketones is 1. The Morgan fingerprint density at radius 1 is 1.14 bits per heavy atom. The van der Waals surface area contributed by atoms with Crippen molar-refractivity contribution in [2.45, 2.75) is 6.04 Å². The molecule has 3 aromatic rings. The zero-order valence-corrected chi connectivity index (χ0v) is 15.2. The van der Waals surface area contributed by atoms with Crippen LogP contribution in [0.15, 0.2) is 60.8 Å². The Morgan fingerprint density at radius 3 is 2.75 bits per heavy atom. The number of pyridine rings is 2. The van der Waals surface area contributed by atoms with Crippen molar-refractivity contribution in [1.29, 1.82) is 0 Å². The van der Waals surface area contributed by atoms with E-state index in [1.807, 2.05) is 12.1 Å². The molecule has 1 atom stereocenters. The van der Waals surface area contributed by atoms with Crippen molar-refractivity contribution in [3.8, 4) is 0 Å². The lowest BCUT2D eigenvalue weighted by Crippen LogP contribution is -2.46. The van der Waals surface area contributed by atoms with Crippen molar-refractivity contribution in [3.05, 3.63) is 83.4 Å². The van der Waals surface area contributed by atoms with Gasteiger partial charge < -0.3 is 16.0 Å². The summed E-state index contributed by atoms with van der Waals surface area (Å²) in [6.07, 6.45) is 1.55. The maximum atomic E-state index is 13.2. The molecule has 0 bridgehead atoms. The van der Waals surface area contributed by atoms with Gasteiger partial charge in [-0.1, -0.05) is 18.2 Å². The number of hydrogen-bond donors (Lipinski definition) is 2. The summed E-state index contributed by atoms with van der Waals surface area (Å²) >= 11 is 0. The molecule has 7 heteroatoms. The lowest BCUT2D eigenvalue weighted by atomic mass is 10.0. The number of halogens is 1. The first-order chi connectivity index (χ1) is 13.6. The standard InChI is InChI=1S/C21H20FN5O/c22-15-8-6-14(7-9-15)18-13-27(12-11-24-18)19-5-1-4-17(26-19)20(28)16-3-2-10-25-21(16)23/h1-10,18,24H,11-13H2,(H2,23,25). The highest BCUT2D eigenvalue weighted by molar-refractivity contribution is 6.10. The van der Waals surface area contributed by atoms with Crippen LogP contribution in [0.3, 0.4) is 0 Å². The number of aromatic nitrogens is 2. The molecule has 1 aliphatic heterocycles. The van der Waals surface area contributed by atoms with Crippen LogP contribution in [-0.2, 0) is 0 Å². The molecule has 0 aliphatic carbocycles. The van der Waals surface area contributed by atoms with Gasteiger partial charge in [-0.3, -0.25) is 4.79 Å². The number of nitrogen functional groups attached to an aromatic ring is 1. The molecule has 0 spiro atoms. The number of benzene rings is 1. The molecule has 1 saturated heterocycles. The van der Waals surface area contributed by atoms with E-state index in [1.54, 1.807) is 36.5 Å². The second-order valence-corrected chi connectivity index (χ2v) is 6.65. The van der Waals surface area contributed by atoms with Crippen molar-refractivity contribution >= 4 is 17.4 Å². The van der Waals surface area contributed by atoms with Gasteiger partial charge in [0.2, 0.25) is 5.78 Å². The minimum Gasteiger partial charge on any atom is -0.383 e. The average Bonchev–Trinajstić information content (AvgIpc) is 2.74. The average molecular weight is 377 g/mol. The predicted octanol–water partition coefficient (Wildman–Crippen LogP) is 2.58. The summed E-state index contributed by atoms with van der Waals surface area (Å²) in [4.78, 5) is 23.4. The third-order valence-electron chi connectivity index (χ3n) is 4.82. The summed E-state index contributed by atoms with van der Waals surface area (Å²) in [7, 11) is 0. The van der Waals surface area contributed by atoms with Crippen molar-refractivity contribution in [3.63, 3.8) is 0 Å². The van der Waals surface area contributed by atoms with Crippen LogP contribution in [-0.4, -0.2) is 35.4 Å². The zero-order valence-electron chi connectivity index (χ0n) is 15.2. The summed E-state index contributed by atoms with van der Waals surface area (Å²) in [5.74, 6) is 0.414. The van der Waals surface area contributed by atoms with Gasteiger partial charge in [-0.05, 0) is 42.0 Å². The van der Waals surface area contributed by atoms with Gasteiger partial charge in [0.1, 0.15) is 23.1 Å². The van der Waals surface area contributed by atoms with E-state index in [0.29, 0.717) is 17.8 Å². The largest absolute Gasteiger partial charge is 0.383 e. The molecule has 0 radical (unpaired) electrons. The third-order valence-corrected chi connectivity index (χ3v) is 4.82. The quantitative estimate of drug-likeness (QED) is 0.680. The number of nitrogens with two attached hydrogens (primary N) is 1. The molecule has 1 aliphatic rings. The van der Waals surface area contributed by atoms with E-state index in [9.17, 15) is 9.18 Å². The number of hydrogen-bond acceptors (Lipinski definition) is 6. The van der Waals surface area contributed by atoms with Crippen LogP contribution in [0, 0.1) is 5.82 Å². The Labute approximate surface area is 162 Å². The molecule has 0 saturated carbocycles. The second kappa shape index (κ2) is 7.74. The Morgan fingerprint density at radius 2 is 1.96 bits per heavy atom. The molecule has 142 valence electrons. The van der Waals surface area contributed by atoms with Crippen LogP contribution >= 0.6 is 0 Å². The molecule has 3 N–H and O–H groups in total. The first kappa shape index (κ1) is 18.1. The maximum Gasteiger partial charge on any atom is 0.215 e. The fraction of sp³-hybridized carbons (Fsp3) is 0.190. The first-order valence-corrected chi connectivity index (χ1v) is 9.08. The molecular formula is C21H20FN5O. The summed E-state index contributed by atoms with van der Waals surface area (Å²) in [5.41, 5.74) is 7.51. The van der Waals surface area contributed by atoms with E-state index < -0.39 is 0 Å². The van der Waals surface area contributed by atoms with Crippen LogP contribution in [0.5, 0.6) is 0 Å². The summed E-state index contributed by atoms with van der Waals surface area (Å²) in [6, 6.07) is 15.3. The zero-order chi connectivity index (χ0) is 19.5. The maximum absolute atomic E-state index is 13.2. The lowest BCUT2D eigenvalue weighted by Gasteiger charge is -2.35. The van der Waals surface area contributed by atoms with Crippen LogP contribution in [0.1, 0.15) is 27.7 Å². The molecule has 1 unspecified atom stereocenters. The monoisotopic (exact) mass is 377 g/mol. The van der Waals surface area contributed by atoms with Crippen LogP contribution < -0.4 is 16.0 Å². The van der Waals surface area contributed by atoms with E-state index in [1.165, 1.54) is 12.1 Å². The SMILES string of the molecule is Nc1ncccc1C(=O)c1cccc(N2CCNC(c3ccc(F)cc3)C2)n1. The number of anilines is 2. The Kier molecular flexibility index (Phi) is 4.99. The fourth-order valence-electron chi connectivity index (χ4n) is 3.35. The highest BCUT2D eigenvalue weighted by Crippen LogP contribution is 2.22. The molecule has 4 rings (SSSR count). The summed E-state index contributed by atoms with van der Waals surface area (Å²) in [5, 5.41) is 3.44. The van der Waals surface area contributed by atoms with Crippen molar-refractivity contribution < 1.29 is 9.18 Å². The molecule has 3 heterocycles. The Balaban J connectivity index is 1.56. The smallest absolute Gasteiger partial charge is 0.215 e. The van der Waals surface area contributed by atoms with Crippen LogP contribution in [0.2, 0.25) is 0 Å². The number of carbonyl (C=O) groups is 1. The minimum atomic E-state index is -0.252. The van der Waals surface area contributed by atoms with E-state index in [-0.39, 0.29) is 23.5 Å². The Hall–Kier alpha value is -3.32. The predicted molar refractivity (Wildman–Crippen MR) is 106 cm³/mol. The van der Waals surface area contributed by atoms with Gasteiger partial charge in [-0.2, -0.15) is 0 Å². The number of piperazine rings is 1. The molecule has 0 amide bonds. The van der Waals surface area contributed by atoms with Crippen molar-refractivity contribution in [2.75, 3.05) is 30.3 Å². The Bertz CT molecular complexity index is 992. The van der Waals surface area contributed by atoms with E-state index in [0.717, 1.165) is 24.5 Å². The van der Waals surface area contributed by atoms with Gasteiger partial charge in [0, 0.05) is 31.9 Å². The van der Waals surface area contributed by atoms with Crippen molar-refractivity contribution in [1.82, 2.24) is 15.3 Å². The van der Waals surface area contributed by atoms with Gasteiger partial charge in [0.05, 0.1) is 5.56 Å². The van der Waals surface area contributed by atoms with E-state index in [2.05, 4.69) is 20.2 Å². The third kappa shape index (κ3) is 3.70. The van der Waals surface area contributed by atoms with E-state index >= 15 is 0 Å². The highest BCUT2D eigenvalue weighted by Gasteiger charge is 2.23. The number of rotatable bonds is 4. The molecule has 1 fully saturated rings. The van der Waals surface area contributed by atoms with Gasteiger partial charge >= 0.3 is 0 Å². The van der Waals surface area contributed by atoms with Gasteiger partial charge in [0.15, 0.2) is 0 Å². The first-order valence-electron chi connectivity index (χ1n) is 9.08. The fourth-order valence-corrected chi connectivity index (χ4v) is 3.35. The lowest BCUT2D eigenvalue weighted by molar-refractivity contribution is 0.103. The topological polar surface area (TPSA) is 84.1 Å². The summed E-state index contributed by atoms with van der Waals surface area (Å²) < 4.78 is 13.2. The second-order valence-electron chi connectivity index (χ2n) is 6.65. The van der Waals surface area contributed by atoms with E-state index in [4.69, 9.17) is 5.73 Å². The van der Waals surface area contributed by atoms with Crippen LogP contribution in [0.25, 0.3) is 0 Å². The minimum absolute atomic E-state index is 0.0597. The van der Waals surface area contributed by atoms with Gasteiger partial charge in [0.25, 0.3) is 0 Å². The van der Waals surface area contributed by atoms with Crippen molar-refractivity contribution in [2.24, 2.45) is 0 Å².